The van der Waals surface area contributed by atoms with Crippen molar-refractivity contribution >= 4 is 17.4 Å². The number of nitrogens with one attached hydrogen (secondary N) is 2. The Hall–Kier alpha value is -3.78. The number of amides is 2. The van der Waals surface area contributed by atoms with Crippen LogP contribution in [0, 0.1) is 11.3 Å². The largest absolute Gasteiger partial charge is 0.456 e. The van der Waals surface area contributed by atoms with Crippen molar-refractivity contribution in [1.29, 1.82) is 5.26 Å². The van der Waals surface area contributed by atoms with E-state index in [-0.39, 0.29) is 6.03 Å². The molecule has 25 heavy (non-hydrogen) atoms. The van der Waals surface area contributed by atoms with Crippen molar-refractivity contribution in [2.24, 2.45) is 0 Å². The molecule has 0 aliphatic carbocycles. The molecule has 0 saturated heterocycles. The zero-order valence-corrected chi connectivity index (χ0v) is 13.3. The second kappa shape index (κ2) is 7.66. The van der Waals surface area contributed by atoms with E-state index in [0.717, 1.165) is 0 Å². The normalized spacial score (nSPS) is 9.72. The molecule has 0 bridgehead atoms. The van der Waals surface area contributed by atoms with Crippen LogP contribution in [0.4, 0.5) is 16.2 Å². The number of ether oxygens (including phenoxy) is 1. The number of carbonyl (C=O) groups excluding carboxylic acids is 1. The van der Waals surface area contributed by atoms with Gasteiger partial charge in [-0.3, -0.25) is 0 Å². The molecule has 5 heteroatoms. The highest BCUT2D eigenvalue weighted by Crippen LogP contribution is 2.27. The number of benzene rings is 3. The quantitative estimate of drug-likeness (QED) is 0.708. The first-order chi connectivity index (χ1) is 12.2. The summed E-state index contributed by atoms with van der Waals surface area (Å²) in [5.41, 5.74) is 1.52. The number of carbonyl (C=O) groups is 1. The first-order valence-electron chi connectivity index (χ1n) is 7.65. The minimum absolute atomic E-state index is 0.335. The van der Waals surface area contributed by atoms with Crippen LogP contribution < -0.4 is 15.4 Å². The van der Waals surface area contributed by atoms with Crippen LogP contribution in [-0.2, 0) is 0 Å². The van der Waals surface area contributed by atoms with Gasteiger partial charge in [-0.25, -0.2) is 4.79 Å². The van der Waals surface area contributed by atoms with E-state index in [1.807, 2.05) is 36.4 Å². The predicted molar refractivity (Wildman–Crippen MR) is 96.8 cm³/mol. The second-order valence-electron chi connectivity index (χ2n) is 5.18. The van der Waals surface area contributed by atoms with E-state index < -0.39 is 0 Å². The molecule has 0 aliphatic heterocycles. The molecule has 0 aliphatic rings. The first kappa shape index (κ1) is 16.1. The maximum absolute atomic E-state index is 12.0. The van der Waals surface area contributed by atoms with Crippen LogP contribution in [0.15, 0.2) is 78.9 Å². The highest BCUT2D eigenvalue weighted by Gasteiger charge is 2.08. The molecule has 0 radical (unpaired) electrons. The number of anilines is 2. The SMILES string of the molecule is N#Cc1cc(NC(=O)Nc2ccccc2)ccc1Oc1ccccc1. The molecule has 0 saturated carbocycles. The summed E-state index contributed by atoms with van der Waals surface area (Å²) in [6.07, 6.45) is 0. The van der Waals surface area contributed by atoms with E-state index in [1.54, 1.807) is 42.5 Å². The number of urea groups is 1. The van der Waals surface area contributed by atoms with E-state index >= 15 is 0 Å². The molecule has 3 rings (SSSR count). The van der Waals surface area contributed by atoms with Crippen LogP contribution >= 0.6 is 0 Å². The Kier molecular flexibility index (Phi) is 4.93. The molecule has 122 valence electrons. The van der Waals surface area contributed by atoms with Gasteiger partial charge in [0.25, 0.3) is 0 Å². The van der Waals surface area contributed by atoms with E-state index in [4.69, 9.17) is 4.74 Å². The summed E-state index contributed by atoms with van der Waals surface area (Å²) in [6, 6.07) is 24.9. The number of rotatable bonds is 4. The maximum Gasteiger partial charge on any atom is 0.323 e. The fraction of sp³-hybridized carbons (Fsp3) is 0. The van der Waals surface area contributed by atoms with Gasteiger partial charge in [0.15, 0.2) is 0 Å². The Bertz CT molecular complexity index is 903. The van der Waals surface area contributed by atoms with Crippen molar-refractivity contribution in [3.63, 3.8) is 0 Å². The van der Waals surface area contributed by atoms with Gasteiger partial charge in [-0.15, -0.1) is 0 Å². The van der Waals surface area contributed by atoms with Gasteiger partial charge in [-0.2, -0.15) is 5.26 Å². The topological polar surface area (TPSA) is 74.2 Å². The third-order valence-corrected chi connectivity index (χ3v) is 3.36. The molecule has 0 atom stereocenters. The number of para-hydroxylation sites is 2. The lowest BCUT2D eigenvalue weighted by Gasteiger charge is -2.11. The van der Waals surface area contributed by atoms with Gasteiger partial charge in [0.2, 0.25) is 0 Å². The molecule has 3 aromatic rings. The van der Waals surface area contributed by atoms with Crippen molar-refractivity contribution in [3.05, 3.63) is 84.4 Å². The minimum atomic E-state index is -0.383. The van der Waals surface area contributed by atoms with Crippen LogP contribution in [0.25, 0.3) is 0 Å². The summed E-state index contributed by atoms with van der Waals surface area (Å²) < 4.78 is 5.71. The molecule has 0 aromatic heterocycles. The molecule has 0 heterocycles. The monoisotopic (exact) mass is 329 g/mol. The Balaban J connectivity index is 1.71. The molecule has 0 unspecified atom stereocenters. The molecule has 0 spiro atoms. The van der Waals surface area contributed by atoms with Crippen LogP contribution in [0.5, 0.6) is 11.5 Å². The Morgan fingerprint density at radius 2 is 1.48 bits per heavy atom. The standard InChI is InChI=1S/C20H15N3O2/c21-14-15-13-17(23-20(24)22-16-7-3-1-4-8-16)11-12-19(15)25-18-9-5-2-6-10-18/h1-13H,(H2,22,23,24). The molecule has 0 fully saturated rings. The number of hydrogen-bond donors (Lipinski definition) is 2. The van der Waals surface area contributed by atoms with Gasteiger partial charge >= 0.3 is 6.03 Å². The molecule has 3 aromatic carbocycles. The van der Waals surface area contributed by atoms with Crippen molar-refractivity contribution < 1.29 is 9.53 Å². The maximum atomic E-state index is 12.0. The highest BCUT2D eigenvalue weighted by molar-refractivity contribution is 5.99. The van der Waals surface area contributed by atoms with Crippen molar-refractivity contribution in [2.75, 3.05) is 10.6 Å². The average Bonchev–Trinajstić information content (AvgIpc) is 2.64. The highest BCUT2D eigenvalue weighted by atomic mass is 16.5. The van der Waals surface area contributed by atoms with Crippen LogP contribution in [0.3, 0.4) is 0 Å². The molecule has 2 N–H and O–H groups in total. The van der Waals surface area contributed by atoms with Gasteiger partial charge in [0.05, 0.1) is 5.56 Å². The van der Waals surface area contributed by atoms with Gasteiger partial charge in [-0.1, -0.05) is 36.4 Å². The summed E-state index contributed by atoms with van der Waals surface area (Å²) in [5.74, 6) is 1.07. The third-order valence-electron chi connectivity index (χ3n) is 3.36. The molecular formula is C20H15N3O2. The van der Waals surface area contributed by atoms with Gasteiger partial charge in [-0.05, 0) is 42.5 Å². The summed E-state index contributed by atoms with van der Waals surface area (Å²) in [5, 5.41) is 14.7. The van der Waals surface area contributed by atoms with E-state index in [9.17, 15) is 10.1 Å². The summed E-state index contributed by atoms with van der Waals surface area (Å²) in [6.45, 7) is 0. The Morgan fingerprint density at radius 1 is 0.840 bits per heavy atom. The Morgan fingerprint density at radius 3 is 2.16 bits per heavy atom. The summed E-state index contributed by atoms with van der Waals surface area (Å²) >= 11 is 0. The number of nitrogens with zero attached hydrogens (tertiary/aromatic N) is 1. The zero-order chi connectivity index (χ0) is 17.5. The average molecular weight is 329 g/mol. The van der Waals surface area contributed by atoms with Crippen LogP contribution in [-0.4, -0.2) is 6.03 Å². The van der Waals surface area contributed by atoms with E-state index in [2.05, 4.69) is 16.7 Å². The number of hydrogen-bond acceptors (Lipinski definition) is 3. The lowest BCUT2D eigenvalue weighted by atomic mass is 10.2. The Labute approximate surface area is 145 Å². The fourth-order valence-electron chi connectivity index (χ4n) is 2.21. The smallest absolute Gasteiger partial charge is 0.323 e. The molecular weight excluding hydrogens is 314 g/mol. The second-order valence-corrected chi connectivity index (χ2v) is 5.18. The van der Waals surface area contributed by atoms with E-state index in [0.29, 0.717) is 28.4 Å². The third kappa shape index (κ3) is 4.36. The lowest BCUT2D eigenvalue weighted by molar-refractivity contribution is 0.262. The fourth-order valence-corrected chi connectivity index (χ4v) is 2.21. The number of nitriles is 1. The lowest BCUT2D eigenvalue weighted by Crippen LogP contribution is -2.19. The van der Waals surface area contributed by atoms with Gasteiger partial charge in [0.1, 0.15) is 17.6 Å². The predicted octanol–water partition coefficient (Wildman–Crippen LogP) is 4.99. The first-order valence-corrected chi connectivity index (χ1v) is 7.65. The van der Waals surface area contributed by atoms with Crippen LogP contribution in [0.1, 0.15) is 5.56 Å². The summed E-state index contributed by atoms with van der Waals surface area (Å²) in [4.78, 5) is 12.0. The van der Waals surface area contributed by atoms with E-state index in [1.165, 1.54) is 0 Å². The van der Waals surface area contributed by atoms with Gasteiger partial charge in [0, 0.05) is 11.4 Å². The summed E-state index contributed by atoms with van der Waals surface area (Å²) in [7, 11) is 0. The molecule has 5 nitrogen and oxygen atoms in total. The minimum Gasteiger partial charge on any atom is -0.456 e. The van der Waals surface area contributed by atoms with Crippen molar-refractivity contribution in [3.8, 4) is 17.6 Å². The van der Waals surface area contributed by atoms with Crippen molar-refractivity contribution in [1.82, 2.24) is 0 Å². The van der Waals surface area contributed by atoms with Crippen LogP contribution in [0.2, 0.25) is 0 Å². The van der Waals surface area contributed by atoms with Crippen molar-refractivity contribution in [2.45, 2.75) is 0 Å². The molecule has 2 amide bonds. The van der Waals surface area contributed by atoms with Gasteiger partial charge < -0.3 is 15.4 Å². The zero-order valence-electron chi connectivity index (χ0n) is 13.3.